The van der Waals surface area contributed by atoms with E-state index in [0.29, 0.717) is 16.2 Å². The zero-order valence-electron chi connectivity index (χ0n) is 11.0. The second-order valence-electron chi connectivity index (χ2n) is 4.17. The van der Waals surface area contributed by atoms with Gasteiger partial charge in [0.05, 0.1) is 0 Å². The molecule has 0 aliphatic rings. The van der Waals surface area contributed by atoms with E-state index in [1.807, 2.05) is 0 Å². The van der Waals surface area contributed by atoms with Crippen molar-refractivity contribution in [2.24, 2.45) is 0 Å². The summed E-state index contributed by atoms with van der Waals surface area (Å²) in [6, 6.07) is 4.53. The van der Waals surface area contributed by atoms with Crippen molar-refractivity contribution in [2.75, 3.05) is 24.7 Å². The summed E-state index contributed by atoms with van der Waals surface area (Å²) in [5.41, 5.74) is 5.59. The molecule has 20 heavy (non-hydrogen) atoms. The molecule has 0 aliphatic heterocycles. The lowest BCUT2D eigenvalue weighted by atomic mass is 10.3. The Labute approximate surface area is 123 Å². The van der Waals surface area contributed by atoms with Gasteiger partial charge >= 0.3 is 0 Å². The summed E-state index contributed by atoms with van der Waals surface area (Å²) < 4.78 is 19.6. The second kappa shape index (κ2) is 6.00. The largest absolute Gasteiger partial charge is 0.483 e. The lowest BCUT2D eigenvalue weighted by molar-refractivity contribution is 0.281. The molecule has 1 heterocycles. The Morgan fingerprint density at radius 2 is 2.05 bits per heavy atom. The quantitative estimate of drug-likeness (QED) is 0.916. The van der Waals surface area contributed by atoms with Gasteiger partial charge in [0.2, 0.25) is 11.9 Å². The molecule has 0 amide bonds. The van der Waals surface area contributed by atoms with E-state index in [1.54, 1.807) is 25.1 Å². The Hall–Kier alpha value is -1.96. The molecule has 6 nitrogen and oxygen atoms in total. The third-order valence-electron chi connectivity index (χ3n) is 2.34. The van der Waals surface area contributed by atoms with Crippen molar-refractivity contribution in [1.82, 2.24) is 15.0 Å². The van der Waals surface area contributed by atoms with E-state index >= 15 is 0 Å². The van der Waals surface area contributed by atoms with Crippen LogP contribution in [0.2, 0.25) is 0 Å². The van der Waals surface area contributed by atoms with Crippen molar-refractivity contribution in [3.63, 3.8) is 0 Å². The Balaban J connectivity index is 2.14. The molecule has 8 heteroatoms. The van der Waals surface area contributed by atoms with Crippen molar-refractivity contribution < 1.29 is 9.13 Å². The number of rotatable bonds is 4. The average molecular weight is 342 g/mol. The number of nitrogen functional groups attached to an aromatic ring is 1. The number of nitrogens with zero attached hydrogens (tertiary/aromatic N) is 4. The molecule has 0 fully saturated rings. The maximum Gasteiger partial charge on any atom is 0.230 e. The van der Waals surface area contributed by atoms with Crippen LogP contribution in [-0.4, -0.2) is 29.0 Å². The zero-order chi connectivity index (χ0) is 14.7. The zero-order valence-corrected chi connectivity index (χ0v) is 12.6. The number of ether oxygens (including phenoxy) is 1. The first kappa shape index (κ1) is 14.4. The van der Waals surface area contributed by atoms with Crippen molar-refractivity contribution in [3.8, 4) is 5.75 Å². The first-order chi connectivity index (χ1) is 9.45. The lowest BCUT2D eigenvalue weighted by Gasteiger charge is -2.12. The monoisotopic (exact) mass is 341 g/mol. The smallest absolute Gasteiger partial charge is 0.230 e. The van der Waals surface area contributed by atoms with Gasteiger partial charge < -0.3 is 15.4 Å². The lowest BCUT2D eigenvalue weighted by Crippen LogP contribution is -2.17. The highest BCUT2D eigenvalue weighted by Crippen LogP contribution is 2.22. The molecule has 0 spiro atoms. The van der Waals surface area contributed by atoms with Crippen LogP contribution in [0, 0.1) is 5.82 Å². The second-order valence-corrected chi connectivity index (χ2v) is 5.08. The third-order valence-corrected chi connectivity index (χ3v) is 2.83. The SMILES string of the molecule is CN(C)c1nc(N)nc(COc2ccc(Br)cc2F)n1. The number of hydrogen-bond acceptors (Lipinski definition) is 6. The van der Waals surface area contributed by atoms with Crippen molar-refractivity contribution in [3.05, 3.63) is 34.3 Å². The van der Waals surface area contributed by atoms with Crippen LogP contribution in [0.3, 0.4) is 0 Å². The van der Waals surface area contributed by atoms with Crippen LogP contribution in [0.25, 0.3) is 0 Å². The molecule has 1 aromatic heterocycles. The third kappa shape index (κ3) is 3.53. The number of halogens is 2. The highest BCUT2D eigenvalue weighted by Gasteiger charge is 2.09. The average Bonchev–Trinajstić information content (AvgIpc) is 2.37. The summed E-state index contributed by atoms with van der Waals surface area (Å²) in [6.07, 6.45) is 0. The van der Waals surface area contributed by atoms with Crippen molar-refractivity contribution in [1.29, 1.82) is 0 Å². The standard InChI is InChI=1S/C12H13BrFN5O/c1-19(2)12-17-10(16-11(15)18-12)6-20-9-4-3-7(13)5-8(9)14/h3-5H,6H2,1-2H3,(H2,15,16,17,18). The number of aromatic nitrogens is 3. The fraction of sp³-hybridized carbons (Fsp3) is 0.250. The Bertz CT molecular complexity index is 623. The van der Waals surface area contributed by atoms with Crippen molar-refractivity contribution >= 4 is 27.8 Å². The molecule has 2 aromatic rings. The van der Waals surface area contributed by atoms with Gasteiger partial charge in [-0.25, -0.2) is 4.39 Å². The molecular formula is C12H13BrFN5O. The van der Waals surface area contributed by atoms with E-state index in [2.05, 4.69) is 30.9 Å². The molecule has 2 rings (SSSR count). The van der Waals surface area contributed by atoms with Gasteiger partial charge in [-0.3, -0.25) is 0 Å². The molecule has 0 radical (unpaired) electrons. The summed E-state index contributed by atoms with van der Waals surface area (Å²) in [7, 11) is 3.57. The highest BCUT2D eigenvalue weighted by atomic mass is 79.9. The molecule has 106 valence electrons. The predicted octanol–water partition coefficient (Wildman–Crippen LogP) is 2.00. The molecule has 0 saturated carbocycles. The topological polar surface area (TPSA) is 77.2 Å². The molecule has 0 atom stereocenters. The van der Waals surface area contributed by atoms with E-state index in [4.69, 9.17) is 10.5 Å². The van der Waals surface area contributed by atoms with Crippen LogP contribution in [0.15, 0.2) is 22.7 Å². The molecule has 0 bridgehead atoms. The van der Waals surface area contributed by atoms with Crippen molar-refractivity contribution in [2.45, 2.75) is 6.61 Å². The maximum absolute atomic E-state index is 13.6. The van der Waals surface area contributed by atoms with E-state index in [0.717, 1.165) is 0 Å². The minimum Gasteiger partial charge on any atom is -0.483 e. The Morgan fingerprint density at radius 3 is 2.70 bits per heavy atom. The number of anilines is 2. The molecule has 0 unspecified atom stereocenters. The van der Waals surface area contributed by atoms with E-state index in [1.165, 1.54) is 12.1 Å². The van der Waals surface area contributed by atoms with Gasteiger partial charge in [-0.1, -0.05) is 15.9 Å². The van der Waals surface area contributed by atoms with Crippen LogP contribution in [0.5, 0.6) is 5.75 Å². The Morgan fingerprint density at radius 1 is 1.30 bits per heavy atom. The van der Waals surface area contributed by atoms with Crippen LogP contribution in [0.1, 0.15) is 5.82 Å². The predicted molar refractivity (Wildman–Crippen MR) is 77.0 cm³/mol. The van der Waals surface area contributed by atoms with Crippen LogP contribution in [0.4, 0.5) is 16.3 Å². The summed E-state index contributed by atoms with van der Waals surface area (Å²) >= 11 is 3.18. The van der Waals surface area contributed by atoms with E-state index < -0.39 is 5.82 Å². The van der Waals surface area contributed by atoms with E-state index in [-0.39, 0.29) is 18.3 Å². The van der Waals surface area contributed by atoms with Gasteiger partial charge in [0.1, 0.15) is 6.61 Å². The first-order valence-corrected chi connectivity index (χ1v) is 6.50. The van der Waals surface area contributed by atoms with Gasteiger partial charge in [0.15, 0.2) is 17.4 Å². The number of benzene rings is 1. The number of hydrogen-bond donors (Lipinski definition) is 1. The normalized spacial score (nSPS) is 10.4. The minimum absolute atomic E-state index is 0.00606. The molecule has 0 saturated heterocycles. The van der Waals surface area contributed by atoms with Gasteiger partial charge in [-0.15, -0.1) is 0 Å². The Kier molecular flexibility index (Phi) is 4.33. The summed E-state index contributed by atoms with van der Waals surface area (Å²) in [4.78, 5) is 13.8. The van der Waals surface area contributed by atoms with Crippen LogP contribution in [-0.2, 0) is 6.61 Å². The van der Waals surface area contributed by atoms with Crippen LogP contribution >= 0.6 is 15.9 Å². The van der Waals surface area contributed by atoms with Crippen LogP contribution < -0.4 is 15.4 Å². The number of nitrogens with two attached hydrogens (primary N) is 1. The van der Waals surface area contributed by atoms with Gasteiger partial charge in [0, 0.05) is 18.6 Å². The summed E-state index contributed by atoms with van der Waals surface area (Å²) in [6.45, 7) is 0.00606. The summed E-state index contributed by atoms with van der Waals surface area (Å²) in [5.74, 6) is 0.516. The van der Waals surface area contributed by atoms with Gasteiger partial charge in [-0.05, 0) is 18.2 Å². The molecule has 0 aliphatic carbocycles. The minimum atomic E-state index is -0.464. The van der Waals surface area contributed by atoms with E-state index in [9.17, 15) is 4.39 Å². The molecular weight excluding hydrogens is 329 g/mol. The highest BCUT2D eigenvalue weighted by molar-refractivity contribution is 9.10. The van der Waals surface area contributed by atoms with Gasteiger partial charge in [0.25, 0.3) is 0 Å². The van der Waals surface area contributed by atoms with Gasteiger partial charge in [-0.2, -0.15) is 15.0 Å². The summed E-state index contributed by atoms with van der Waals surface area (Å²) in [5, 5.41) is 0. The maximum atomic E-state index is 13.6. The fourth-order valence-electron chi connectivity index (χ4n) is 1.42. The molecule has 1 aromatic carbocycles. The fourth-order valence-corrected chi connectivity index (χ4v) is 1.76. The first-order valence-electron chi connectivity index (χ1n) is 5.71. The molecule has 2 N–H and O–H groups in total.